The Morgan fingerprint density at radius 2 is 1.88 bits per heavy atom. The fourth-order valence-corrected chi connectivity index (χ4v) is 2.93. The molecule has 2 heteroatoms. The highest BCUT2D eigenvalue weighted by molar-refractivity contribution is 5.32. The van der Waals surface area contributed by atoms with Crippen molar-refractivity contribution in [3.63, 3.8) is 0 Å². The van der Waals surface area contributed by atoms with E-state index < -0.39 is 0 Å². The monoisotopic (exact) mass is 220 g/mol. The number of hydrogen-bond acceptors (Lipinski definition) is 2. The van der Waals surface area contributed by atoms with E-state index in [1.54, 1.807) is 7.11 Å². The van der Waals surface area contributed by atoms with Gasteiger partial charge in [-0.1, -0.05) is 32.4 Å². The van der Waals surface area contributed by atoms with Crippen LogP contribution >= 0.6 is 0 Å². The summed E-state index contributed by atoms with van der Waals surface area (Å²) >= 11 is 0. The summed E-state index contributed by atoms with van der Waals surface area (Å²) in [5.74, 6) is 2.19. The predicted molar refractivity (Wildman–Crippen MR) is 64.7 cm³/mol. The second-order valence-electron chi connectivity index (χ2n) is 4.72. The summed E-state index contributed by atoms with van der Waals surface area (Å²) in [7, 11) is 1.68. The van der Waals surface area contributed by atoms with Crippen LogP contribution in [0.4, 0.5) is 0 Å². The third-order valence-corrected chi connectivity index (χ3v) is 3.98. The lowest BCUT2D eigenvalue weighted by Crippen LogP contribution is -2.47. The molecule has 0 bridgehead atoms. The minimum absolute atomic E-state index is 0.128. The van der Waals surface area contributed by atoms with Crippen LogP contribution in [0.15, 0.2) is 24.3 Å². The molecule has 2 rings (SSSR count). The molecule has 0 amide bonds. The van der Waals surface area contributed by atoms with E-state index in [4.69, 9.17) is 4.74 Å². The van der Waals surface area contributed by atoms with E-state index in [1.807, 2.05) is 12.1 Å². The largest absolute Gasteiger partial charge is 0.497 e. The first kappa shape index (κ1) is 11.5. The van der Waals surface area contributed by atoms with Crippen molar-refractivity contribution in [3.8, 4) is 5.75 Å². The maximum absolute atomic E-state index is 9.88. The lowest BCUT2D eigenvalue weighted by atomic mass is 9.59. The quantitative estimate of drug-likeness (QED) is 0.848. The number of rotatable bonds is 3. The van der Waals surface area contributed by atoms with Crippen molar-refractivity contribution in [1.82, 2.24) is 0 Å². The van der Waals surface area contributed by atoms with Crippen LogP contribution in [-0.2, 0) is 0 Å². The molecule has 0 aromatic heterocycles. The van der Waals surface area contributed by atoms with Crippen molar-refractivity contribution in [2.45, 2.75) is 32.3 Å². The molecule has 1 saturated carbocycles. The Kier molecular flexibility index (Phi) is 3.20. The zero-order chi connectivity index (χ0) is 11.7. The van der Waals surface area contributed by atoms with E-state index in [2.05, 4.69) is 26.0 Å². The fourth-order valence-electron chi connectivity index (χ4n) is 2.93. The summed E-state index contributed by atoms with van der Waals surface area (Å²) in [5, 5.41) is 9.88. The Morgan fingerprint density at radius 1 is 1.25 bits per heavy atom. The van der Waals surface area contributed by atoms with Crippen LogP contribution in [0.3, 0.4) is 0 Å². The maximum Gasteiger partial charge on any atom is 0.118 e. The number of hydrogen-bond donors (Lipinski definition) is 1. The van der Waals surface area contributed by atoms with Gasteiger partial charge in [-0.2, -0.15) is 0 Å². The molecule has 0 aliphatic heterocycles. The lowest BCUT2D eigenvalue weighted by Gasteiger charge is -2.48. The van der Waals surface area contributed by atoms with Crippen LogP contribution in [0.2, 0.25) is 0 Å². The molecule has 0 spiro atoms. The molecular formula is C14H20O2. The molecule has 1 fully saturated rings. The van der Waals surface area contributed by atoms with Crippen molar-refractivity contribution >= 4 is 0 Å². The molecule has 1 aromatic rings. The standard InChI is InChI=1S/C14H20O2/c1-4-12-13(9(2)14(12)15)10-5-7-11(16-3)8-6-10/h5-9,12-15H,4H2,1-3H3. The highest BCUT2D eigenvalue weighted by atomic mass is 16.5. The van der Waals surface area contributed by atoms with Crippen LogP contribution < -0.4 is 4.74 Å². The summed E-state index contributed by atoms with van der Waals surface area (Å²) in [4.78, 5) is 0. The van der Waals surface area contributed by atoms with Gasteiger partial charge < -0.3 is 9.84 Å². The molecule has 88 valence electrons. The number of ether oxygens (including phenoxy) is 1. The SMILES string of the molecule is CCC1C(O)C(C)C1c1ccc(OC)cc1. The molecular weight excluding hydrogens is 200 g/mol. The molecule has 16 heavy (non-hydrogen) atoms. The van der Waals surface area contributed by atoms with E-state index in [-0.39, 0.29) is 6.10 Å². The topological polar surface area (TPSA) is 29.5 Å². The van der Waals surface area contributed by atoms with Gasteiger partial charge in [0.25, 0.3) is 0 Å². The Hall–Kier alpha value is -1.02. The Balaban J connectivity index is 2.17. The minimum atomic E-state index is -0.128. The third-order valence-electron chi connectivity index (χ3n) is 3.98. The van der Waals surface area contributed by atoms with Crippen molar-refractivity contribution < 1.29 is 9.84 Å². The lowest BCUT2D eigenvalue weighted by molar-refractivity contribution is -0.0583. The summed E-state index contributed by atoms with van der Waals surface area (Å²) in [6.07, 6.45) is 0.916. The van der Waals surface area contributed by atoms with Crippen LogP contribution in [0, 0.1) is 11.8 Å². The van der Waals surface area contributed by atoms with Gasteiger partial charge in [-0.25, -0.2) is 0 Å². The predicted octanol–water partition coefficient (Wildman–Crippen LogP) is 2.82. The second kappa shape index (κ2) is 4.46. The van der Waals surface area contributed by atoms with E-state index in [9.17, 15) is 5.11 Å². The second-order valence-corrected chi connectivity index (χ2v) is 4.72. The van der Waals surface area contributed by atoms with Gasteiger partial charge in [0.05, 0.1) is 13.2 Å². The van der Waals surface area contributed by atoms with Crippen molar-refractivity contribution in [2.75, 3.05) is 7.11 Å². The van der Waals surface area contributed by atoms with Crippen LogP contribution in [-0.4, -0.2) is 18.3 Å². The van der Waals surface area contributed by atoms with Gasteiger partial charge in [0.1, 0.15) is 5.75 Å². The maximum atomic E-state index is 9.88. The van der Waals surface area contributed by atoms with Gasteiger partial charge in [-0.05, 0) is 35.4 Å². The van der Waals surface area contributed by atoms with Crippen LogP contribution in [0.5, 0.6) is 5.75 Å². The summed E-state index contributed by atoms with van der Waals surface area (Å²) in [5.41, 5.74) is 1.32. The number of aliphatic hydroxyl groups is 1. The minimum Gasteiger partial charge on any atom is -0.497 e. The fraction of sp³-hybridized carbons (Fsp3) is 0.571. The summed E-state index contributed by atoms with van der Waals surface area (Å²) < 4.78 is 5.15. The van der Waals surface area contributed by atoms with E-state index in [1.165, 1.54) is 5.56 Å². The molecule has 0 saturated heterocycles. The van der Waals surface area contributed by atoms with Gasteiger partial charge in [-0.3, -0.25) is 0 Å². The number of aliphatic hydroxyl groups excluding tert-OH is 1. The average Bonchev–Trinajstić information content (AvgIpc) is 2.34. The van der Waals surface area contributed by atoms with Gasteiger partial charge in [0.2, 0.25) is 0 Å². The first-order chi connectivity index (χ1) is 7.69. The van der Waals surface area contributed by atoms with Crippen LogP contribution in [0.25, 0.3) is 0 Å². The zero-order valence-corrected chi connectivity index (χ0v) is 10.2. The first-order valence-corrected chi connectivity index (χ1v) is 6.01. The van der Waals surface area contributed by atoms with E-state index in [0.717, 1.165) is 12.2 Å². The number of methoxy groups -OCH3 is 1. The molecule has 0 heterocycles. The third kappa shape index (κ3) is 1.71. The van der Waals surface area contributed by atoms with Gasteiger partial charge in [-0.15, -0.1) is 0 Å². The average molecular weight is 220 g/mol. The van der Waals surface area contributed by atoms with Gasteiger partial charge in [0.15, 0.2) is 0 Å². The highest BCUT2D eigenvalue weighted by Gasteiger charge is 2.46. The first-order valence-electron chi connectivity index (χ1n) is 6.01. The number of benzene rings is 1. The van der Waals surface area contributed by atoms with Crippen LogP contribution in [0.1, 0.15) is 31.7 Å². The molecule has 4 unspecified atom stereocenters. The van der Waals surface area contributed by atoms with Crippen molar-refractivity contribution in [3.05, 3.63) is 29.8 Å². The molecule has 1 aliphatic rings. The molecule has 4 atom stereocenters. The molecule has 0 radical (unpaired) electrons. The van der Waals surface area contributed by atoms with E-state index in [0.29, 0.717) is 17.8 Å². The molecule has 2 nitrogen and oxygen atoms in total. The highest BCUT2D eigenvalue weighted by Crippen LogP contribution is 2.49. The Morgan fingerprint density at radius 3 is 2.38 bits per heavy atom. The Bertz CT molecular complexity index is 344. The molecule has 1 aromatic carbocycles. The summed E-state index contributed by atoms with van der Waals surface area (Å²) in [6, 6.07) is 8.24. The zero-order valence-electron chi connectivity index (χ0n) is 10.2. The Labute approximate surface area is 97.3 Å². The summed E-state index contributed by atoms with van der Waals surface area (Å²) in [6.45, 7) is 4.28. The normalized spacial score (nSPS) is 33.2. The van der Waals surface area contributed by atoms with Crippen molar-refractivity contribution in [1.29, 1.82) is 0 Å². The van der Waals surface area contributed by atoms with Gasteiger partial charge >= 0.3 is 0 Å². The van der Waals surface area contributed by atoms with E-state index >= 15 is 0 Å². The molecule has 1 aliphatic carbocycles. The molecule has 1 N–H and O–H groups in total. The van der Waals surface area contributed by atoms with Gasteiger partial charge in [0, 0.05) is 0 Å². The van der Waals surface area contributed by atoms with Crippen molar-refractivity contribution in [2.24, 2.45) is 11.8 Å². The smallest absolute Gasteiger partial charge is 0.118 e.